The SMILES string of the molecule is CCc1ccccc1.COCCOCCOCCC1(CCOCCOCCOC)c2cc(C)ccc2-c2ccc(N(c3ccccc3)c3ccccc3)cc21.Cc1ccccc1. The number of aryl methyl sites for hydroxylation is 3. The smallest absolute Gasteiger partial charge is 0.0701 e. The van der Waals surface area contributed by atoms with Crippen molar-refractivity contribution in [2.45, 2.75) is 45.4 Å². The second kappa shape index (κ2) is 27.0. The number of rotatable bonds is 22. The van der Waals surface area contributed by atoms with E-state index in [0.29, 0.717) is 66.1 Å². The standard InChI is InChI=1S/C40H49NO6.C8H10.C7H8/c1-32-14-16-36-37-17-15-35(41(33-10-6-4-7-11-33)34-12-8-5-9-13-34)31-39(37)40(38(36)30-32,18-20-44-26-28-46-24-22-42-2)19-21-45-27-29-47-25-23-43-3;1-2-8-6-4-3-5-7-8;1-7-5-3-2-4-6-7/h4-17,30-31H,18-29H2,1-3H3;3-7H,2H2,1H3;2-6H,1H3. The van der Waals surface area contributed by atoms with E-state index in [1.54, 1.807) is 14.2 Å². The van der Waals surface area contributed by atoms with Crippen molar-refractivity contribution in [1.82, 2.24) is 0 Å². The first-order chi connectivity index (χ1) is 30.5. The first-order valence-electron chi connectivity index (χ1n) is 22.0. The Kier molecular flexibility index (Phi) is 20.9. The highest BCUT2D eigenvalue weighted by atomic mass is 16.5. The number of hydrogen-bond acceptors (Lipinski definition) is 7. The molecule has 0 N–H and O–H groups in total. The molecule has 0 heterocycles. The van der Waals surface area contributed by atoms with Crippen molar-refractivity contribution in [2.75, 3.05) is 85.2 Å². The lowest BCUT2D eigenvalue weighted by molar-refractivity contribution is 0.0145. The van der Waals surface area contributed by atoms with E-state index in [4.69, 9.17) is 28.4 Å². The molecule has 0 saturated heterocycles. The molecular weight excluding hydrogens is 771 g/mol. The molecule has 6 aromatic rings. The molecule has 0 spiro atoms. The van der Waals surface area contributed by atoms with Crippen molar-refractivity contribution in [1.29, 1.82) is 0 Å². The molecule has 0 aromatic heterocycles. The fourth-order valence-corrected chi connectivity index (χ4v) is 7.67. The number of ether oxygens (including phenoxy) is 6. The summed E-state index contributed by atoms with van der Waals surface area (Å²) in [5.74, 6) is 0. The Bertz CT molecular complexity index is 2040. The van der Waals surface area contributed by atoms with Crippen LogP contribution in [0.2, 0.25) is 0 Å². The zero-order valence-electron chi connectivity index (χ0n) is 37.6. The summed E-state index contributed by atoms with van der Waals surface area (Å²) >= 11 is 0. The summed E-state index contributed by atoms with van der Waals surface area (Å²) in [5.41, 5.74) is 12.3. The van der Waals surface area contributed by atoms with Crippen molar-refractivity contribution >= 4 is 17.1 Å². The first-order valence-corrected chi connectivity index (χ1v) is 22.0. The maximum Gasteiger partial charge on any atom is 0.0701 e. The van der Waals surface area contributed by atoms with Gasteiger partial charge in [-0.3, -0.25) is 0 Å². The largest absolute Gasteiger partial charge is 0.382 e. The van der Waals surface area contributed by atoms with Crippen LogP contribution < -0.4 is 4.90 Å². The first kappa shape index (κ1) is 47.9. The highest BCUT2D eigenvalue weighted by Gasteiger charge is 2.43. The zero-order valence-corrected chi connectivity index (χ0v) is 37.6. The van der Waals surface area contributed by atoms with E-state index < -0.39 is 0 Å². The van der Waals surface area contributed by atoms with E-state index in [2.05, 4.69) is 159 Å². The van der Waals surface area contributed by atoms with E-state index in [9.17, 15) is 0 Å². The molecule has 1 aliphatic carbocycles. The van der Waals surface area contributed by atoms with Crippen molar-refractivity contribution in [3.05, 3.63) is 186 Å². The lowest BCUT2D eigenvalue weighted by Gasteiger charge is -2.34. The van der Waals surface area contributed by atoms with Crippen LogP contribution >= 0.6 is 0 Å². The Hall–Kier alpha value is -5.12. The van der Waals surface area contributed by atoms with Crippen LogP contribution in [0.15, 0.2) is 158 Å². The molecule has 0 fully saturated rings. The van der Waals surface area contributed by atoms with Crippen LogP contribution in [0.1, 0.15) is 47.6 Å². The Labute approximate surface area is 371 Å². The minimum absolute atomic E-state index is 0.292. The van der Waals surface area contributed by atoms with Gasteiger partial charge in [0.05, 0.1) is 52.9 Å². The van der Waals surface area contributed by atoms with Gasteiger partial charge in [0.15, 0.2) is 0 Å². The second-order valence-corrected chi connectivity index (χ2v) is 15.3. The summed E-state index contributed by atoms with van der Waals surface area (Å²) in [6, 6.07) is 55.7. The van der Waals surface area contributed by atoms with Gasteiger partial charge in [0, 0.05) is 49.9 Å². The second-order valence-electron chi connectivity index (χ2n) is 15.3. The molecule has 328 valence electrons. The van der Waals surface area contributed by atoms with E-state index in [1.165, 1.54) is 38.9 Å². The molecule has 0 atom stereocenters. The maximum absolute atomic E-state index is 6.21. The molecule has 0 aliphatic heterocycles. The summed E-state index contributed by atoms with van der Waals surface area (Å²) in [6.45, 7) is 12.1. The molecule has 1 aliphatic rings. The predicted molar refractivity (Wildman–Crippen MR) is 255 cm³/mol. The van der Waals surface area contributed by atoms with Crippen molar-refractivity contribution in [2.24, 2.45) is 0 Å². The summed E-state index contributed by atoms with van der Waals surface area (Å²) in [4.78, 5) is 2.33. The summed E-state index contributed by atoms with van der Waals surface area (Å²) in [7, 11) is 3.36. The van der Waals surface area contributed by atoms with Gasteiger partial charge in [0.1, 0.15) is 0 Å². The molecule has 0 unspecified atom stereocenters. The maximum atomic E-state index is 6.21. The molecule has 0 radical (unpaired) electrons. The highest BCUT2D eigenvalue weighted by Crippen LogP contribution is 2.54. The summed E-state index contributed by atoms with van der Waals surface area (Å²) in [6.07, 6.45) is 2.78. The van der Waals surface area contributed by atoms with Gasteiger partial charge in [-0.2, -0.15) is 0 Å². The predicted octanol–water partition coefficient (Wildman–Crippen LogP) is 12.1. The number of hydrogen-bond donors (Lipinski definition) is 0. The van der Waals surface area contributed by atoms with E-state index in [-0.39, 0.29) is 5.41 Å². The van der Waals surface area contributed by atoms with Crippen LogP contribution in [-0.4, -0.2) is 80.3 Å². The molecule has 7 heteroatoms. The van der Waals surface area contributed by atoms with Crippen molar-refractivity contribution in [3.63, 3.8) is 0 Å². The van der Waals surface area contributed by atoms with E-state index >= 15 is 0 Å². The summed E-state index contributed by atoms with van der Waals surface area (Å²) in [5, 5.41) is 0. The molecule has 62 heavy (non-hydrogen) atoms. The van der Waals surface area contributed by atoms with Gasteiger partial charge in [-0.15, -0.1) is 0 Å². The Balaban J connectivity index is 0.000000404. The minimum atomic E-state index is -0.292. The van der Waals surface area contributed by atoms with Gasteiger partial charge < -0.3 is 33.3 Å². The van der Waals surface area contributed by atoms with Gasteiger partial charge >= 0.3 is 0 Å². The number of benzene rings is 6. The molecular formula is C55H67NO6. The minimum Gasteiger partial charge on any atom is -0.382 e. The number of nitrogens with zero attached hydrogens (tertiary/aromatic N) is 1. The molecule has 7 nitrogen and oxygen atoms in total. The third-order valence-corrected chi connectivity index (χ3v) is 10.9. The van der Waals surface area contributed by atoms with Crippen LogP contribution in [0.3, 0.4) is 0 Å². The molecule has 7 rings (SSSR count). The lowest BCUT2D eigenvalue weighted by atomic mass is 9.72. The van der Waals surface area contributed by atoms with Gasteiger partial charge in [-0.1, -0.05) is 139 Å². The highest BCUT2D eigenvalue weighted by molar-refractivity contribution is 5.86. The normalized spacial score (nSPS) is 12.0. The average Bonchev–Trinajstić information content (AvgIpc) is 3.57. The molecule has 6 aromatic carbocycles. The van der Waals surface area contributed by atoms with Crippen LogP contribution in [-0.2, 0) is 40.3 Å². The van der Waals surface area contributed by atoms with E-state index in [0.717, 1.165) is 36.3 Å². The van der Waals surface area contributed by atoms with Gasteiger partial charge in [0.2, 0.25) is 0 Å². The number of fused-ring (bicyclic) bond motifs is 3. The topological polar surface area (TPSA) is 58.6 Å². The van der Waals surface area contributed by atoms with E-state index in [1.807, 2.05) is 24.3 Å². The number of anilines is 3. The average molecular weight is 838 g/mol. The Morgan fingerprint density at radius 2 is 0.823 bits per heavy atom. The van der Waals surface area contributed by atoms with Crippen molar-refractivity contribution in [3.8, 4) is 11.1 Å². The fourth-order valence-electron chi connectivity index (χ4n) is 7.67. The van der Waals surface area contributed by atoms with Gasteiger partial charge in [-0.25, -0.2) is 0 Å². The third kappa shape index (κ3) is 14.5. The van der Waals surface area contributed by atoms with Crippen LogP contribution in [0.5, 0.6) is 0 Å². The third-order valence-electron chi connectivity index (χ3n) is 10.9. The zero-order chi connectivity index (χ0) is 43.7. The quantitative estimate of drug-likeness (QED) is 0.0631. The molecule has 0 saturated carbocycles. The van der Waals surface area contributed by atoms with Crippen molar-refractivity contribution < 1.29 is 28.4 Å². The fraction of sp³-hybridized carbons (Fsp3) is 0.345. The monoisotopic (exact) mass is 837 g/mol. The Morgan fingerprint density at radius 3 is 1.26 bits per heavy atom. The number of methoxy groups -OCH3 is 2. The van der Waals surface area contributed by atoms with Crippen LogP contribution in [0.25, 0.3) is 11.1 Å². The van der Waals surface area contributed by atoms with Gasteiger partial charge in [0.25, 0.3) is 0 Å². The molecule has 0 bridgehead atoms. The molecule has 0 amide bonds. The van der Waals surface area contributed by atoms with Crippen LogP contribution in [0, 0.1) is 13.8 Å². The lowest BCUT2D eigenvalue weighted by Crippen LogP contribution is -2.30. The van der Waals surface area contributed by atoms with Crippen LogP contribution in [0.4, 0.5) is 17.1 Å². The van der Waals surface area contributed by atoms with Gasteiger partial charge in [-0.05, 0) is 97.3 Å². The Morgan fingerprint density at radius 1 is 0.403 bits per heavy atom. The summed E-state index contributed by atoms with van der Waals surface area (Å²) < 4.78 is 33.9. The number of para-hydroxylation sites is 2.